The Morgan fingerprint density at radius 3 is 2.15 bits per heavy atom. The van der Waals surface area contributed by atoms with Crippen LogP contribution in [0, 0.1) is 11.8 Å². The van der Waals surface area contributed by atoms with Crippen LogP contribution < -0.4 is 5.32 Å². The van der Waals surface area contributed by atoms with Gasteiger partial charge in [0.1, 0.15) is 0 Å². The van der Waals surface area contributed by atoms with Crippen molar-refractivity contribution in [2.45, 2.75) is 57.2 Å². The first-order chi connectivity index (χ1) is 9.50. The van der Waals surface area contributed by atoms with Crippen LogP contribution in [0.4, 0.5) is 13.2 Å². The number of hydrogen-bond donors (Lipinski definition) is 1. The molecule has 118 valence electrons. The number of likely N-dealkylation sites (N-methyl/N-ethyl adjacent to an activating group) is 1. The Bertz CT molecular complexity index is 279. The molecule has 0 amide bonds. The molecular formula is C15H27F3N2. The largest absolute Gasteiger partial charge is 0.391 e. The van der Waals surface area contributed by atoms with E-state index in [-0.39, 0.29) is 12.8 Å². The summed E-state index contributed by atoms with van der Waals surface area (Å²) in [6.45, 7) is 2.09. The van der Waals surface area contributed by atoms with Gasteiger partial charge in [-0.3, -0.25) is 0 Å². The fraction of sp³-hybridized carbons (Fsp3) is 1.00. The summed E-state index contributed by atoms with van der Waals surface area (Å²) in [5.41, 5.74) is 0. The summed E-state index contributed by atoms with van der Waals surface area (Å²) in [4.78, 5) is 2.22. The van der Waals surface area contributed by atoms with Crippen molar-refractivity contribution in [2.24, 2.45) is 11.8 Å². The topological polar surface area (TPSA) is 15.3 Å². The molecule has 0 aromatic carbocycles. The van der Waals surface area contributed by atoms with E-state index < -0.39 is 12.1 Å². The molecule has 1 atom stereocenters. The van der Waals surface area contributed by atoms with E-state index in [1.54, 1.807) is 0 Å². The van der Waals surface area contributed by atoms with E-state index in [1.165, 1.54) is 32.1 Å². The molecule has 1 aliphatic heterocycles. The maximum Gasteiger partial charge on any atom is 0.391 e. The number of hydrogen-bond acceptors (Lipinski definition) is 2. The molecule has 0 aromatic heterocycles. The van der Waals surface area contributed by atoms with E-state index in [4.69, 9.17) is 0 Å². The van der Waals surface area contributed by atoms with E-state index >= 15 is 0 Å². The maximum absolute atomic E-state index is 12.7. The molecule has 1 aliphatic carbocycles. The number of piperidine rings is 1. The molecule has 0 radical (unpaired) electrons. The Kier molecular flexibility index (Phi) is 5.73. The van der Waals surface area contributed by atoms with Crippen molar-refractivity contribution in [3.05, 3.63) is 0 Å². The van der Waals surface area contributed by atoms with E-state index in [0.29, 0.717) is 25.0 Å². The second kappa shape index (κ2) is 7.12. The van der Waals surface area contributed by atoms with Gasteiger partial charge in [0.15, 0.2) is 0 Å². The Morgan fingerprint density at radius 1 is 1.05 bits per heavy atom. The minimum atomic E-state index is -4.00. The van der Waals surface area contributed by atoms with Crippen LogP contribution in [0.3, 0.4) is 0 Å². The van der Waals surface area contributed by atoms with Crippen LogP contribution in [0.25, 0.3) is 0 Å². The van der Waals surface area contributed by atoms with E-state index in [9.17, 15) is 13.2 Å². The van der Waals surface area contributed by atoms with Gasteiger partial charge < -0.3 is 10.2 Å². The number of rotatable bonds is 4. The average molecular weight is 292 g/mol. The highest BCUT2D eigenvalue weighted by molar-refractivity contribution is 4.84. The van der Waals surface area contributed by atoms with Crippen LogP contribution >= 0.6 is 0 Å². The molecule has 20 heavy (non-hydrogen) atoms. The molecule has 2 rings (SSSR count). The van der Waals surface area contributed by atoms with Gasteiger partial charge in [-0.2, -0.15) is 13.2 Å². The van der Waals surface area contributed by atoms with Gasteiger partial charge in [0, 0.05) is 12.6 Å². The van der Waals surface area contributed by atoms with Gasteiger partial charge in [-0.1, -0.05) is 19.3 Å². The molecule has 0 spiro atoms. The van der Waals surface area contributed by atoms with Crippen molar-refractivity contribution in [2.75, 3.05) is 26.7 Å². The maximum atomic E-state index is 12.7. The fourth-order valence-electron chi connectivity index (χ4n) is 3.73. The number of halogens is 3. The Labute approximate surface area is 120 Å². The minimum Gasteiger partial charge on any atom is -0.315 e. The van der Waals surface area contributed by atoms with Gasteiger partial charge in [0.25, 0.3) is 0 Å². The molecule has 0 aromatic rings. The third kappa shape index (κ3) is 4.35. The summed E-state index contributed by atoms with van der Waals surface area (Å²) in [7, 11) is 1.99. The van der Waals surface area contributed by atoms with Crippen molar-refractivity contribution in [3.8, 4) is 0 Å². The van der Waals surface area contributed by atoms with Gasteiger partial charge in [0.05, 0.1) is 5.92 Å². The van der Waals surface area contributed by atoms with Crippen LogP contribution in [0.2, 0.25) is 0 Å². The Balaban J connectivity index is 1.78. The normalized spacial score (nSPS) is 25.8. The number of nitrogens with one attached hydrogen (secondary N) is 1. The fourth-order valence-corrected chi connectivity index (χ4v) is 3.73. The standard InChI is InChI=1S/C15H27F3N2/c1-19-14(12-5-3-2-4-6-12)11-20-9-7-13(8-10-20)15(16,17)18/h12-14,19H,2-11H2,1H3. The van der Waals surface area contributed by atoms with Gasteiger partial charge in [-0.05, 0) is 51.7 Å². The van der Waals surface area contributed by atoms with Crippen molar-refractivity contribution < 1.29 is 13.2 Å². The monoisotopic (exact) mass is 292 g/mol. The zero-order chi connectivity index (χ0) is 14.6. The smallest absolute Gasteiger partial charge is 0.315 e. The van der Waals surface area contributed by atoms with E-state index in [1.807, 2.05) is 7.05 Å². The van der Waals surface area contributed by atoms with E-state index in [2.05, 4.69) is 10.2 Å². The van der Waals surface area contributed by atoms with E-state index in [0.717, 1.165) is 6.54 Å². The van der Waals surface area contributed by atoms with Crippen LogP contribution in [0.1, 0.15) is 44.9 Å². The van der Waals surface area contributed by atoms with Crippen LogP contribution in [-0.4, -0.2) is 43.8 Å². The number of nitrogens with zero attached hydrogens (tertiary/aromatic N) is 1. The SMILES string of the molecule is CNC(CN1CCC(C(F)(F)F)CC1)C1CCCCC1. The minimum absolute atomic E-state index is 0.268. The number of alkyl halides is 3. The second-order valence-electron chi connectivity index (χ2n) is 6.41. The molecule has 5 heteroatoms. The zero-order valence-electron chi connectivity index (χ0n) is 12.4. The third-order valence-corrected chi connectivity index (χ3v) is 5.10. The summed E-state index contributed by atoms with van der Waals surface area (Å²) >= 11 is 0. The second-order valence-corrected chi connectivity index (χ2v) is 6.41. The predicted octanol–water partition coefficient (Wildman–Crippen LogP) is 3.43. The molecule has 2 nitrogen and oxygen atoms in total. The first-order valence-electron chi connectivity index (χ1n) is 7.97. The van der Waals surface area contributed by atoms with Crippen molar-refractivity contribution in [3.63, 3.8) is 0 Å². The molecule has 1 saturated heterocycles. The number of likely N-dealkylation sites (tertiary alicyclic amines) is 1. The highest BCUT2D eigenvalue weighted by Crippen LogP contribution is 2.34. The summed E-state index contributed by atoms with van der Waals surface area (Å²) in [5, 5.41) is 3.40. The Morgan fingerprint density at radius 2 is 1.65 bits per heavy atom. The molecule has 2 fully saturated rings. The summed E-state index contributed by atoms with van der Waals surface area (Å²) < 4.78 is 38.0. The lowest BCUT2D eigenvalue weighted by Gasteiger charge is -2.38. The van der Waals surface area contributed by atoms with Gasteiger partial charge >= 0.3 is 6.18 Å². The molecular weight excluding hydrogens is 265 g/mol. The third-order valence-electron chi connectivity index (χ3n) is 5.10. The molecule has 0 bridgehead atoms. The van der Waals surface area contributed by atoms with Crippen LogP contribution in [-0.2, 0) is 0 Å². The quantitative estimate of drug-likeness (QED) is 0.854. The van der Waals surface area contributed by atoms with Crippen LogP contribution in [0.15, 0.2) is 0 Å². The highest BCUT2D eigenvalue weighted by Gasteiger charge is 2.41. The molecule has 2 aliphatic rings. The van der Waals surface area contributed by atoms with Crippen molar-refractivity contribution in [1.82, 2.24) is 10.2 Å². The van der Waals surface area contributed by atoms with Crippen LogP contribution in [0.5, 0.6) is 0 Å². The Hall–Kier alpha value is -0.290. The molecule has 1 N–H and O–H groups in total. The summed E-state index contributed by atoms with van der Waals surface area (Å²) in [5.74, 6) is -0.379. The van der Waals surface area contributed by atoms with Crippen molar-refractivity contribution in [1.29, 1.82) is 0 Å². The predicted molar refractivity (Wildman–Crippen MR) is 74.6 cm³/mol. The lowest BCUT2D eigenvalue weighted by atomic mass is 9.83. The summed E-state index contributed by atoms with van der Waals surface area (Å²) in [6.07, 6.45) is 3.02. The first-order valence-corrected chi connectivity index (χ1v) is 7.97. The molecule has 1 heterocycles. The van der Waals surface area contributed by atoms with Crippen molar-refractivity contribution >= 4 is 0 Å². The van der Waals surface area contributed by atoms with Gasteiger partial charge in [-0.15, -0.1) is 0 Å². The first kappa shape index (κ1) is 16.1. The lowest BCUT2D eigenvalue weighted by molar-refractivity contribution is -0.185. The molecule has 1 saturated carbocycles. The average Bonchev–Trinajstić information content (AvgIpc) is 2.45. The highest BCUT2D eigenvalue weighted by atomic mass is 19.4. The zero-order valence-corrected chi connectivity index (χ0v) is 12.4. The molecule has 1 unspecified atom stereocenters. The van der Waals surface area contributed by atoms with Gasteiger partial charge in [-0.25, -0.2) is 0 Å². The van der Waals surface area contributed by atoms with Gasteiger partial charge in [0.2, 0.25) is 0 Å². The summed E-state index contributed by atoms with van der Waals surface area (Å²) in [6, 6.07) is 0.442. The lowest BCUT2D eigenvalue weighted by Crippen LogP contribution is -2.48.